The van der Waals surface area contributed by atoms with Gasteiger partial charge in [0, 0.05) is 7.85 Å². The van der Waals surface area contributed by atoms with E-state index in [1.54, 1.807) is 0 Å². The third kappa shape index (κ3) is 4.76. The molecule has 0 saturated heterocycles. The maximum Gasteiger partial charge on any atom is 0.292 e. The Morgan fingerprint density at radius 3 is 2.41 bits per heavy atom. The summed E-state index contributed by atoms with van der Waals surface area (Å²) in [5.41, 5.74) is 8.69. The van der Waals surface area contributed by atoms with Crippen LogP contribution in [-0.2, 0) is 11.2 Å². The molecule has 5 heteroatoms. The maximum absolute atomic E-state index is 5.65. The second-order valence-corrected chi connectivity index (χ2v) is 5.14. The first kappa shape index (κ1) is 16.3. The molecular formula is C17H22ClN3O. The maximum atomic E-state index is 5.65. The molecule has 4 nitrogen and oxygen atoms in total. The van der Waals surface area contributed by atoms with E-state index in [1.165, 1.54) is 5.56 Å². The van der Waals surface area contributed by atoms with Gasteiger partial charge in [-0.2, -0.15) is 5.43 Å². The highest BCUT2D eigenvalue weighted by atomic mass is 35.5. The summed E-state index contributed by atoms with van der Waals surface area (Å²) in [4.78, 5) is 3.49. The lowest BCUT2D eigenvalue weighted by Gasteiger charge is -2.18. The Labute approximate surface area is 138 Å². The summed E-state index contributed by atoms with van der Waals surface area (Å²) in [6, 6.07) is 20.8. The molecule has 0 saturated carbocycles. The van der Waals surface area contributed by atoms with Gasteiger partial charge in [-0.3, -0.25) is 4.99 Å². The number of halogens is 1. The van der Waals surface area contributed by atoms with Crippen molar-refractivity contribution in [3.8, 4) is 0 Å². The van der Waals surface area contributed by atoms with E-state index < -0.39 is 0 Å². The zero-order valence-corrected chi connectivity index (χ0v) is 13.0. The van der Waals surface area contributed by atoms with E-state index in [9.17, 15) is 0 Å². The van der Waals surface area contributed by atoms with Crippen LogP contribution in [0.25, 0.3) is 0 Å². The number of anilines is 1. The van der Waals surface area contributed by atoms with Gasteiger partial charge in [0.25, 0.3) is 5.84 Å². The molecule has 0 spiro atoms. The molecule has 0 aromatic heterocycles. The number of hydrazine groups is 1. The Hall–Kier alpha value is -2.04. The van der Waals surface area contributed by atoms with Gasteiger partial charge in [-0.15, -0.1) is 0 Å². The lowest BCUT2D eigenvalue weighted by atomic mass is 10.1. The molecule has 2 aromatic carbocycles. The zero-order chi connectivity index (χ0) is 14.3. The van der Waals surface area contributed by atoms with Crippen LogP contribution in [0.2, 0.25) is 0 Å². The Morgan fingerprint density at radius 1 is 1.00 bits per heavy atom. The number of ether oxygens (including phenoxy) is 1. The van der Waals surface area contributed by atoms with Gasteiger partial charge in [0.2, 0.25) is 0 Å². The van der Waals surface area contributed by atoms with Crippen LogP contribution < -0.4 is 28.3 Å². The summed E-state index contributed by atoms with van der Waals surface area (Å²) >= 11 is 0. The number of amidine groups is 1. The molecule has 0 aliphatic carbocycles. The number of benzene rings is 2. The van der Waals surface area contributed by atoms with E-state index in [-0.39, 0.29) is 13.8 Å². The van der Waals surface area contributed by atoms with E-state index >= 15 is 0 Å². The average molecular weight is 320 g/mol. The van der Waals surface area contributed by atoms with Gasteiger partial charge < -0.3 is 17.1 Å². The summed E-state index contributed by atoms with van der Waals surface area (Å²) < 4.78 is 5.65. The van der Waals surface area contributed by atoms with Crippen LogP contribution in [0.5, 0.6) is 0 Å². The minimum absolute atomic E-state index is 0. The van der Waals surface area contributed by atoms with E-state index in [4.69, 9.17) is 4.74 Å². The van der Waals surface area contributed by atoms with Crippen LogP contribution in [0.15, 0.2) is 60.7 Å². The predicted molar refractivity (Wildman–Crippen MR) is 86.0 cm³/mol. The molecule has 0 fully saturated rings. The lowest BCUT2D eigenvalue weighted by molar-refractivity contribution is -0.520. The molecule has 118 valence electrons. The number of hydrogen-bond donors (Lipinski definition) is 3. The van der Waals surface area contributed by atoms with E-state index in [2.05, 4.69) is 40.1 Å². The summed E-state index contributed by atoms with van der Waals surface area (Å²) in [5, 5.41) is 0. The summed E-state index contributed by atoms with van der Waals surface area (Å²) in [6.45, 7) is 1.30. The van der Waals surface area contributed by atoms with Crippen molar-refractivity contribution >= 4 is 11.5 Å². The van der Waals surface area contributed by atoms with Gasteiger partial charge in [0.1, 0.15) is 12.6 Å². The van der Waals surface area contributed by atoms with E-state index in [1.807, 2.05) is 36.4 Å². The second kappa shape index (κ2) is 8.41. The van der Waals surface area contributed by atoms with E-state index in [0.717, 1.165) is 24.6 Å². The topological polar surface area (TPSA) is 47.3 Å². The molecule has 3 rings (SSSR count). The fraction of sp³-hybridized carbons (Fsp3) is 0.235. The zero-order valence-electron chi connectivity index (χ0n) is 12.3. The number of nitrogens with one attached hydrogen (secondary N) is 3. The Bertz CT molecular complexity index is 595. The summed E-state index contributed by atoms with van der Waals surface area (Å²) in [5.74, 6) is 0.964. The first-order valence-electron chi connectivity index (χ1n) is 7.21. The average Bonchev–Trinajstić information content (AvgIpc) is 2.55. The van der Waals surface area contributed by atoms with Crippen LogP contribution in [-0.4, -0.2) is 25.1 Å². The highest BCUT2D eigenvalue weighted by Crippen LogP contribution is 2.03. The van der Waals surface area contributed by atoms with Crippen molar-refractivity contribution in [3.63, 3.8) is 0 Å². The molecule has 22 heavy (non-hydrogen) atoms. The fourth-order valence-electron chi connectivity index (χ4n) is 2.38. The number of para-hydroxylation sites is 1. The SMILES string of the molecule is [Cl-].[HH].c1ccc(C[C@H]2COCC(NNc3ccccc3)=[NH+]2)cc1. The van der Waals surface area contributed by atoms with Crippen molar-refractivity contribution in [2.75, 3.05) is 18.6 Å². The number of rotatable bonds is 4. The predicted octanol–water partition coefficient (Wildman–Crippen LogP) is -2.03. The van der Waals surface area contributed by atoms with Crippen molar-refractivity contribution in [1.29, 1.82) is 0 Å². The molecule has 0 radical (unpaired) electrons. The highest BCUT2D eigenvalue weighted by molar-refractivity contribution is 5.79. The van der Waals surface area contributed by atoms with Crippen LogP contribution in [0.1, 0.15) is 6.99 Å². The highest BCUT2D eigenvalue weighted by Gasteiger charge is 2.20. The quantitative estimate of drug-likeness (QED) is 0.570. The smallest absolute Gasteiger partial charge is 0.292 e. The standard InChI is InChI=1S/C17H19N3O.ClH.H2/c1-3-7-14(8-4-1)11-16-12-21-13-17(18-16)20-19-15-9-5-2-6-10-15;;/h1-10,16,19H,11-13H2,(H,18,20);2*1H/t16-;;/m0../s1. The molecule has 1 heterocycles. The molecule has 0 unspecified atom stereocenters. The van der Waals surface area contributed by atoms with Crippen molar-refractivity contribution in [2.24, 2.45) is 0 Å². The van der Waals surface area contributed by atoms with Gasteiger partial charge in [-0.25, -0.2) is 5.43 Å². The molecule has 2 aromatic rings. The van der Waals surface area contributed by atoms with Gasteiger partial charge in [-0.1, -0.05) is 48.5 Å². The van der Waals surface area contributed by atoms with Crippen molar-refractivity contribution < 1.29 is 23.6 Å². The minimum Gasteiger partial charge on any atom is -1.00 e. The molecule has 1 atom stereocenters. The third-order valence-corrected chi connectivity index (χ3v) is 3.40. The Morgan fingerprint density at radius 2 is 1.68 bits per heavy atom. The van der Waals surface area contributed by atoms with Crippen LogP contribution in [0.4, 0.5) is 5.69 Å². The van der Waals surface area contributed by atoms with Crippen molar-refractivity contribution in [3.05, 3.63) is 66.2 Å². The second-order valence-electron chi connectivity index (χ2n) is 5.14. The summed E-state index contributed by atoms with van der Waals surface area (Å²) in [7, 11) is 0. The van der Waals surface area contributed by atoms with Crippen LogP contribution in [0.3, 0.4) is 0 Å². The molecule has 1 aliphatic heterocycles. The van der Waals surface area contributed by atoms with Crippen molar-refractivity contribution in [1.82, 2.24) is 5.43 Å². The van der Waals surface area contributed by atoms with Gasteiger partial charge in [0.05, 0.1) is 12.3 Å². The monoisotopic (exact) mass is 319 g/mol. The van der Waals surface area contributed by atoms with Crippen LogP contribution >= 0.6 is 0 Å². The summed E-state index contributed by atoms with van der Waals surface area (Å²) in [6.07, 6.45) is 0.956. The van der Waals surface area contributed by atoms with Gasteiger partial charge in [0.15, 0.2) is 0 Å². The minimum atomic E-state index is 0. The fourth-order valence-corrected chi connectivity index (χ4v) is 2.38. The van der Waals surface area contributed by atoms with Gasteiger partial charge in [-0.05, 0) is 17.7 Å². The van der Waals surface area contributed by atoms with Crippen LogP contribution in [0, 0.1) is 0 Å². The molecule has 0 bridgehead atoms. The van der Waals surface area contributed by atoms with Crippen molar-refractivity contribution in [2.45, 2.75) is 12.5 Å². The first-order valence-corrected chi connectivity index (χ1v) is 7.21. The molecule has 0 amide bonds. The molecule has 3 N–H and O–H groups in total. The van der Waals surface area contributed by atoms with E-state index in [0.29, 0.717) is 12.6 Å². The molecular weight excluding hydrogens is 298 g/mol. The normalized spacial score (nSPS) is 17.1. The lowest BCUT2D eigenvalue weighted by Crippen LogP contribution is -3.00. The Balaban J connectivity index is 0.00000132. The third-order valence-electron chi connectivity index (χ3n) is 3.40. The van der Waals surface area contributed by atoms with Gasteiger partial charge >= 0.3 is 0 Å². The Kier molecular flexibility index (Phi) is 6.25. The largest absolute Gasteiger partial charge is 1.00 e. The number of hydrogen-bond acceptors (Lipinski definition) is 3. The molecule has 1 aliphatic rings. The first-order chi connectivity index (χ1) is 10.4.